The lowest BCUT2D eigenvalue weighted by Gasteiger charge is -2.39. The Hall–Kier alpha value is -0.870. The van der Waals surface area contributed by atoms with Gasteiger partial charge in [-0.3, -0.25) is 9.58 Å². The molecule has 0 amide bonds. The van der Waals surface area contributed by atoms with Gasteiger partial charge in [0.15, 0.2) is 0 Å². The number of hydrogen-bond acceptors (Lipinski definition) is 3. The molecule has 0 aliphatic carbocycles. The lowest BCUT2D eigenvalue weighted by Crippen LogP contribution is -2.43. The quantitative estimate of drug-likeness (QED) is 0.831. The van der Waals surface area contributed by atoms with Crippen LogP contribution in [-0.2, 0) is 13.6 Å². The monoisotopic (exact) mass is 223 g/mol. The molecule has 2 rings (SSSR count). The van der Waals surface area contributed by atoms with Crippen LogP contribution in [0.2, 0.25) is 0 Å². The summed E-state index contributed by atoms with van der Waals surface area (Å²) < 4.78 is 1.84. The van der Waals surface area contributed by atoms with Gasteiger partial charge in [0.05, 0.1) is 6.20 Å². The molecule has 90 valence electrons. The van der Waals surface area contributed by atoms with E-state index in [9.17, 15) is 5.11 Å². The third kappa shape index (κ3) is 2.62. The van der Waals surface area contributed by atoms with Crippen LogP contribution < -0.4 is 0 Å². The summed E-state index contributed by atoms with van der Waals surface area (Å²) in [6, 6.07) is 0. The van der Waals surface area contributed by atoms with Crippen molar-refractivity contribution in [3.63, 3.8) is 0 Å². The Labute approximate surface area is 96.9 Å². The molecule has 1 aliphatic rings. The first-order valence-corrected chi connectivity index (χ1v) is 5.92. The van der Waals surface area contributed by atoms with Gasteiger partial charge in [-0.2, -0.15) is 5.10 Å². The summed E-state index contributed by atoms with van der Waals surface area (Å²) in [6.07, 6.45) is 6.29. The zero-order chi connectivity index (χ0) is 11.6. The molecule has 2 heterocycles. The van der Waals surface area contributed by atoms with Gasteiger partial charge in [-0.05, 0) is 19.4 Å². The highest BCUT2D eigenvalue weighted by Crippen LogP contribution is 2.29. The summed E-state index contributed by atoms with van der Waals surface area (Å²) in [5.74, 6) is 0. The van der Waals surface area contributed by atoms with Crippen molar-refractivity contribution >= 4 is 0 Å². The number of rotatable bonds is 3. The normalized spacial score (nSPS) is 27.2. The standard InChI is InChI=1S/C12H21N3O/c1-12(10-16)4-3-5-15(9-12)8-11-6-13-14(2)7-11/h6-7,16H,3-5,8-10H2,1-2H3. The second-order valence-electron chi connectivity index (χ2n) is 5.31. The number of nitrogens with zero attached hydrogens (tertiary/aromatic N) is 3. The Morgan fingerprint density at radius 2 is 2.38 bits per heavy atom. The Morgan fingerprint density at radius 1 is 1.56 bits per heavy atom. The average molecular weight is 223 g/mol. The van der Waals surface area contributed by atoms with Crippen LogP contribution in [0.3, 0.4) is 0 Å². The molecule has 1 fully saturated rings. The van der Waals surface area contributed by atoms with Gasteiger partial charge in [-0.15, -0.1) is 0 Å². The van der Waals surface area contributed by atoms with Crippen molar-refractivity contribution in [3.05, 3.63) is 18.0 Å². The number of likely N-dealkylation sites (tertiary alicyclic amines) is 1. The van der Waals surface area contributed by atoms with Crippen molar-refractivity contribution in [1.82, 2.24) is 14.7 Å². The predicted octanol–water partition coefficient (Wildman–Crippen LogP) is 1.01. The van der Waals surface area contributed by atoms with Crippen LogP contribution >= 0.6 is 0 Å². The molecular weight excluding hydrogens is 202 g/mol. The van der Waals surface area contributed by atoms with Gasteiger partial charge in [0.25, 0.3) is 0 Å². The van der Waals surface area contributed by atoms with Crippen molar-refractivity contribution in [3.8, 4) is 0 Å². The Morgan fingerprint density at radius 3 is 3.00 bits per heavy atom. The second-order valence-corrected chi connectivity index (χ2v) is 5.31. The van der Waals surface area contributed by atoms with E-state index in [1.54, 1.807) is 0 Å². The van der Waals surface area contributed by atoms with E-state index >= 15 is 0 Å². The van der Waals surface area contributed by atoms with E-state index in [2.05, 4.69) is 23.1 Å². The molecule has 1 aliphatic heterocycles. The van der Waals surface area contributed by atoms with Gasteiger partial charge >= 0.3 is 0 Å². The number of hydrogen-bond donors (Lipinski definition) is 1. The molecule has 0 radical (unpaired) electrons. The molecule has 0 saturated carbocycles. The van der Waals surface area contributed by atoms with E-state index in [0.717, 1.165) is 26.1 Å². The molecule has 0 aromatic carbocycles. The van der Waals surface area contributed by atoms with E-state index in [1.807, 2.05) is 17.9 Å². The molecule has 1 aromatic heterocycles. The van der Waals surface area contributed by atoms with Crippen molar-refractivity contribution in [2.24, 2.45) is 12.5 Å². The van der Waals surface area contributed by atoms with Crippen LogP contribution in [0.4, 0.5) is 0 Å². The third-order valence-electron chi connectivity index (χ3n) is 3.41. The first-order chi connectivity index (χ1) is 7.61. The number of aryl methyl sites for hydroxylation is 1. The number of aliphatic hydroxyl groups excluding tert-OH is 1. The minimum Gasteiger partial charge on any atom is -0.396 e. The first kappa shape index (κ1) is 11.6. The maximum Gasteiger partial charge on any atom is 0.0534 e. The van der Waals surface area contributed by atoms with Crippen molar-refractivity contribution in [1.29, 1.82) is 0 Å². The molecule has 16 heavy (non-hydrogen) atoms. The molecule has 1 aromatic rings. The SMILES string of the molecule is Cn1cc(CN2CCCC(C)(CO)C2)cn1. The van der Waals surface area contributed by atoms with Crippen LogP contribution in [0.5, 0.6) is 0 Å². The molecule has 1 saturated heterocycles. The van der Waals surface area contributed by atoms with Crippen molar-refractivity contribution < 1.29 is 5.11 Å². The minimum atomic E-state index is 0.0838. The Kier molecular flexibility index (Phi) is 3.30. The summed E-state index contributed by atoms with van der Waals surface area (Å²) in [4.78, 5) is 2.41. The van der Waals surface area contributed by atoms with E-state index in [1.165, 1.54) is 12.0 Å². The topological polar surface area (TPSA) is 41.3 Å². The summed E-state index contributed by atoms with van der Waals surface area (Å²) in [5.41, 5.74) is 1.34. The van der Waals surface area contributed by atoms with Gasteiger partial charge in [0.2, 0.25) is 0 Å². The molecule has 0 bridgehead atoms. The molecule has 1 atom stereocenters. The summed E-state index contributed by atoms with van der Waals surface area (Å²) >= 11 is 0. The molecule has 4 nitrogen and oxygen atoms in total. The summed E-state index contributed by atoms with van der Waals surface area (Å²) in [6.45, 7) is 5.52. The largest absolute Gasteiger partial charge is 0.396 e. The zero-order valence-corrected chi connectivity index (χ0v) is 10.2. The molecule has 0 spiro atoms. The van der Waals surface area contributed by atoms with E-state index in [0.29, 0.717) is 0 Å². The highest BCUT2D eigenvalue weighted by atomic mass is 16.3. The van der Waals surface area contributed by atoms with Gasteiger partial charge in [0.1, 0.15) is 0 Å². The molecule has 4 heteroatoms. The fourth-order valence-corrected chi connectivity index (χ4v) is 2.50. The third-order valence-corrected chi connectivity index (χ3v) is 3.41. The first-order valence-electron chi connectivity index (χ1n) is 5.92. The maximum absolute atomic E-state index is 9.40. The van der Waals surface area contributed by atoms with Crippen molar-refractivity contribution in [2.75, 3.05) is 19.7 Å². The average Bonchev–Trinajstić information content (AvgIpc) is 2.64. The van der Waals surface area contributed by atoms with Crippen molar-refractivity contribution in [2.45, 2.75) is 26.3 Å². The van der Waals surface area contributed by atoms with E-state index < -0.39 is 0 Å². The second kappa shape index (κ2) is 4.55. The molecular formula is C12H21N3O. The fraction of sp³-hybridized carbons (Fsp3) is 0.750. The van der Waals surface area contributed by atoms with Crippen LogP contribution in [0.1, 0.15) is 25.3 Å². The lowest BCUT2D eigenvalue weighted by molar-refractivity contribution is 0.0429. The van der Waals surface area contributed by atoms with E-state index in [-0.39, 0.29) is 12.0 Å². The number of piperidine rings is 1. The van der Waals surface area contributed by atoms with Crippen LogP contribution in [0.25, 0.3) is 0 Å². The maximum atomic E-state index is 9.40. The smallest absolute Gasteiger partial charge is 0.0534 e. The van der Waals surface area contributed by atoms with Crippen LogP contribution in [0, 0.1) is 5.41 Å². The van der Waals surface area contributed by atoms with Gasteiger partial charge in [0, 0.05) is 43.9 Å². The molecule has 1 N–H and O–H groups in total. The van der Waals surface area contributed by atoms with Gasteiger partial charge in [-0.25, -0.2) is 0 Å². The molecule has 1 unspecified atom stereocenters. The minimum absolute atomic E-state index is 0.0838. The Bertz CT molecular complexity index is 350. The van der Waals surface area contributed by atoms with Gasteiger partial charge < -0.3 is 5.11 Å². The predicted molar refractivity (Wildman–Crippen MR) is 62.9 cm³/mol. The van der Waals surface area contributed by atoms with Gasteiger partial charge in [-0.1, -0.05) is 6.92 Å². The Balaban J connectivity index is 1.95. The van der Waals surface area contributed by atoms with E-state index in [4.69, 9.17) is 0 Å². The summed E-state index contributed by atoms with van der Waals surface area (Å²) in [5, 5.41) is 13.6. The highest BCUT2D eigenvalue weighted by molar-refractivity contribution is 5.04. The zero-order valence-electron chi connectivity index (χ0n) is 10.2. The number of aliphatic hydroxyl groups is 1. The number of aromatic nitrogens is 2. The van der Waals surface area contributed by atoms with Crippen LogP contribution in [0.15, 0.2) is 12.4 Å². The lowest BCUT2D eigenvalue weighted by atomic mass is 9.83. The highest BCUT2D eigenvalue weighted by Gasteiger charge is 2.30. The summed E-state index contributed by atoms with van der Waals surface area (Å²) in [7, 11) is 1.94. The van der Waals surface area contributed by atoms with Crippen LogP contribution in [-0.4, -0.2) is 39.5 Å². The fourth-order valence-electron chi connectivity index (χ4n) is 2.50.